The van der Waals surface area contributed by atoms with Gasteiger partial charge in [0.05, 0.1) is 19.3 Å². The Bertz CT molecular complexity index is 723. The second-order valence-electron chi connectivity index (χ2n) is 5.81. The van der Waals surface area contributed by atoms with Crippen LogP contribution in [0.5, 0.6) is 0 Å². The molecule has 25 heavy (non-hydrogen) atoms. The summed E-state index contributed by atoms with van der Waals surface area (Å²) < 4.78 is 18.4. The van der Waals surface area contributed by atoms with Crippen LogP contribution in [-0.2, 0) is 11.2 Å². The fourth-order valence-corrected chi connectivity index (χ4v) is 3.06. The number of halogens is 1. The standard InChI is InChI=1S/C17H22FN3O3S/c1-11-4-5-12(7-15(11)18)6-14-8-19-16(25-14)20-17(23)21(2)9-13(22)10-24-3/h4-5,7-8,13,22H,6,9-10H2,1-3H3,(H,19,20,23). The lowest BCUT2D eigenvalue weighted by molar-refractivity contribution is 0.0501. The van der Waals surface area contributed by atoms with E-state index in [2.05, 4.69) is 10.3 Å². The number of likely N-dealkylation sites (N-methyl/N-ethyl adjacent to an activating group) is 1. The molecule has 136 valence electrons. The monoisotopic (exact) mass is 367 g/mol. The first kappa shape index (κ1) is 19.3. The third-order valence-corrected chi connectivity index (χ3v) is 4.49. The number of methoxy groups -OCH3 is 1. The molecule has 0 fully saturated rings. The molecule has 0 bridgehead atoms. The predicted molar refractivity (Wildman–Crippen MR) is 95.6 cm³/mol. The number of carbonyl (C=O) groups excluding carboxylic acids is 1. The van der Waals surface area contributed by atoms with Crippen LogP contribution in [0.15, 0.2) is 24.4 Å². The van der Waals surface area contributed by atoms with Gasteiger partial charge in [0.2, 0.25) is 0 Å². The number of benzene rings is 1. The second-order valence-corrected chi connectivity index (χ2v) is 6.93. The van der Waals surface area contributed by atoms with Crippen LogP contribution in [0.1, 0.15) is 16.0 Å². The number of amides is 2. The molecule has 2 amide bonds. The van der Waals surface area contributed by atoms with E-state index in [1.54, 1.807) is 26.2 Å². The molecule has 1 aromatic heterocycles. The van der Waals surface area contributed by atoms with Gasteiger partial charge < -0.3 is 14.7 Å². The minimum absolute atomic E-state index is 0.153. The molecule has 2 aromatic rings. The molecule has 0 aliphatic rings. The highest BCUT2D eigenvalue weighted by atomic mass is 32.1. The predicted octanol–water partition coefficient (Wildman–Crippen LogP) is 2.65. The molecule has 0 aliphatic heterocycles. The topological polar surface area (TPSA) is 74.7 Å². The number of hydrogen-bond acceptors (Lipinski definition) is 5. The number of aliphatic hydroxyl groups excluding tert-OH is 1. The summed E-state index contributed by atoms with van der Waals surface area (Å²) >= 11 is 1.33. The van der Waals surface area contributed by atoms with Crippen molar-refractivity contribution in [1.29, 1.82) is 0 Å². The van der Waals surface area contributed by atoms with Crippen LogP contribution < -0.4 is 5.32 Å². The minimum Gasteiger partial charge on any atom is -0.389 e. The molecule has 0 radical (unpaired) electrons. The number of nitrogens with zero attached hydrogens (tertiary/aromatic N) is 2. The Labute approximate surface area is 150 Å². The quantitative estimate of drug-likeness (QED) is 0.789. The van der Waals surface area contributed by atoms with Gasteiger partial charge in [0.15, 0.2) is 5.13 Å². The molecule has 1 unspecified atom stereocenters. The van der Waals surface area contributed by atoms with Crippen molar-refractivity contribution in [2.45, 2.75) is 19.4 Å². The first-order valence-electron chi connectivity index (χ1n) is 7.78. The zero-order chi connectivity index (χ0) is 18.4. The number of carbonyl (C=O) groups is 1. The van der Waals surface area contributed by atoms with Gasteiger partial charge in [0, 0.05) is 31.7 Å². The van der Waals surface area contributed by atoms with Gasteiger partial charge in [-0.3, -0.25) is 5.32 Å². The molecule has 0 aliphatic carbocycles. The van der Waals surface area contributed by atoms with E-state index in [1.807, 2.05) is 6.07 Å². The number of aromatic nitrogens is 1. The van der Waals surface area contributed by atoms with Crippen molar-refractivity contribution < 1.29 is 19.0 Å². The maximum Gasteiger partial charge on any atom is 0.323 e. The number of aliphatic hydroxyl groups is 1. The van der Waals surface area contributed by atoms with Crippen LogP contribution in [-0.4, -0.2) is 54.4 Å². The number of anilines is 1. The van der Waals surface area contributed by atoms with Crippen molar-refractivity contribution in [2.75, 3.05) is 32.6 Å². The molecular formula is C17H22FN3O3S. The lowest BCUT2D eigenvalue weighted by Crippen LogP contribution is -2.38. The molecular weight excluding hydrogens is 345 g/mol. The number of hydrogen-bond donors (Lipinski definition) is 2. The maximum absolute atomic E-state index is 13.6. The van der Waals surface area contributed by atoms with E-state index in [0.29, 0.717) is 17.1 Å². The minimum atomic E-state index is -0.746. The van der Waals surface area contributed by atoms with Gasteiger partial charge in [-0.2, -0.15) is 0 Å². The summed E-state index contributed by atoms with van der Waals surface area (Å²) in [6.45, 7) is 2.03. The van der Waals surface area contributed by atoms with Crippen LogP contribution in [0.4, 0.5) is 14.3 Å². The smallest absolute Gasteiger partial charge is 0.323 e. The highest BCUT2D eigenvalue weighted by Gasteiger charge is 2.15. The molecule has 1 atom stereocenters. The van der Waals surface area contributed by atoms with Crippen molar-refractivity contribution >= 4 is 22.5 Å². The third-order valence-electron chi connectivity index (χ3n) is 3.57. The van der Waals surface area contributed by atoms with E-state index in [-0.39, 0.29) is 25.0 Å². The van der Waals surface area contributed by atoms with Crippen molar-refractivity contribution in [1.82, 2.24) is 9.88 Å². The third kappa shape index (κ3) is 5.77. The Hall–Kier alpha value is -2.03. The van der Waals surface area contributed by atoms with Crippen LogP contribution in [0.3, 0.4) is 0 Å². The highest BCUT2D eigenvalue weighted by molar-refractivity contribution is 7.15. The number of nitrogens with one attached hydrogen (secondary N) is 1. The van der Waals surface area contributed by atoms with Crippen molar-refractivity contribution in [2.24, 2.45) is 0 Å². The van der Waals surface area contributed by atoms with Crippen LogP contribution in [0.2, 0.25) is 0 Å². The second kappa shape index (κ2) is 8.89. The Morgan fingerprint density at radius 3 is 2.96 bits per heavy atom. The van der Waals surface area contributed by atoms with Crippen LogP contribution in [0.25, 0.3) is 0 Å². The van der Waals surface area contributed by atoms with Gasteiger partial charge in [-0.05, 0) is 24.1 Å². The summed E-state index contributed by atoms with van der Waals surface area (Å²) in [4.78, 5) is 18.5. The number of ether oxygens (including phenoxy) is 1. The normalized spacial score (nSPS) is 12.0. The summed E-state index contributed by atoms with van der Waals surface area (Å²) in [6, 6.07) is 4.77. The Morgan fingerprint density at radius 2 is 2.28 bits per heavy atom. The van der Waals surface area contributed by atoms with Gasteiger partial charge in [0.1, 0.15) is 5.82 Å². The fourth-order valence-electron chi connectivity index (χ4n) is 2.23. The number of urea groups is 1. The van der Waals surface area contributed by atoms with Crippen LogP contribution >= 0.6 is 11.3 Å². The van der Waals surface area contributed by atoms with Gasteiger partial charge >= 0.3 is 6.03 Å². The van der Waals surface area contributed by atoms with Gasteiger partial charge in [0.25, 0.3) is 0 Å². The molecule has 6 nitrogen and oxygen atoms in total. The summed E-state index contributed by atoms with van der Waals surface area (Å²) in [5.74, 6) is -0.230. The molecule has 0 saturated carbocycles. The molecule has 1 aromatic carbocycles. The molecule has 2 rings (SSSR count). The first-order chi connectivity index (χ1) is 11.9. The van der Waals surface area contributed by atoms with E-state index in [4.69, 9.17) is 4.74 Å². The first-order valence-corrected chi connectivity index (χ1v) is 8.59. The fraction of sp³-hybridized carbons (Fsp3) is 0.412. The average Bonchev–Trinajstić information content (AvgIpc) is 2.98. The van der Waals surface area contributed by atoms with Gasteiger partial charge in [-0.25, -0.2) is 14.2 Å². The average molecular weight is 367 g/mol. The summed E-state index contributed by atoms with van der Waals surface area (Å²) in [5, 5.41) is 12.8. The Kier molecular flexibility index (Phi) is 6.86. The van der Waals surface area contributed by atoms with Gasteiger partial charge in [-0.15, -0.1) is 11.3 Å². The Morgan fingerprint density at radius 1 is 1.52 bits per heavy atom. The molecule has 8 heteroatoms. The number of rotatable bonds is 7. The van der Waals surface area contributed by atoms with E-state index in [1.165, 1.54) is 29.4 Å². The van der Waals surface area contributed by atoms with E-state index < -0.39 is 6.10 Å². The zero-order valence-corrected chi connectivity index (χ0v) is 15.3. The molecule has 0 spiro atoms. The van der Waals surface area contributed by atoms with Crippen molar-refractivity contribution in [3.63, 3.8) is 0 Å². The SMILES string of the molecule is COCC(O)CN(C)C(=O)Nc1ncc(Cc2ccc(C)c(F)c2)s1. The largest absolute Gasteiger partial charge is 0.389 e. The Balaban J connectivity index is 1.92. The molecule has 0 saturated heterocycles. The number of aryl methyl sites for hydroxylation is 1. The summed E-state index contributed by atoms with van der Waals surface area (Å²) in [7, 11) is 3.07. The lowest BCUT2D eigenvalue weighted by atomic mass is 10.1. The van der Waals surface area contributed by atoms with Crippen molar-refractivity contribution in [3.05, 3.63) is 46.2 Å². The van der Waals surface area contributed by atoms with Gasteiger partial charge in [-0.1, -0.05) is 12.1 Å². The zero-order valence-electron chi connectivity index (χ0n) is 14.5. The number of thiazole rings is 1. The van der Waals surface area contributed by atoms with E-state index >= 15 is 0 Å². The van der Waals surface area contributed by atoms with Crippen molar-refractivity contribution in [3.8, 4) is 0 Å². The highest BCUT2D eigenvalue weighted by Crippen LogP contribution is 2.22. The molecule has 2 N–H and O–H groups in total. The van der Waals surface area contributed by atoms with E-state index in [0.717, 1.165) is 10.4 Å². The summed E-state index contributed by atoms with van der Waals surface area (Å²) in [6.07, 6.45) is 1.47. The summed E-state index contributed by atoms with van der Waals surface area (Å²) in [5.41, 5.74) is 1.46. The lowest BCUT2D eigenvalue weighted by Gasteiger charge is -2.20. The molecule has 1 heterocycles. The van der Waals surface area contributed by atoms with Crippen LogP contribution in [0, 0.1) is 12.7 Å². The van der Waals surface area contributed by atoms with E-state index in [9.17, 15) is 14.3 Å². The maximum atomic E-state index is 13.6.